The molecule has 0 aromatic carbocycles. The van der Waals surface area contributed by atoms with Crippen molar-refractivity contribution in [2.24, 2.45) is 16.8 Å². The first-order valence-corrected chi connectivity index (χ1v) is 5.66. The van der Waals surface area contributed by atoms with Crippen molar-refractivity contribution in [1.29, 1.82) is 0 Å². The highest BCUT2D eigenvalue weighted by molar-refractivity contribution is 5.83. The largest absolute Gasteiger partial charge is 0.409 e. The maximum Gasteiger partial charge on any atom is 0.400 e. The normalized spacial score (nSPS) is 15.8. The highest BCUT2D eigenvalue weighted by atomic mass is 19.4. The van der Waals surface area contributed by atoms with Gasteiger partial charge >= 0.3 is 6.18 Å². The average Bonchev–Trinajstić information content (AvgIpc) is 2.33. The molecule has 0 rings (SSSR count). The van der Waals surface area contributed by atoms with E-state index in [1.165, 1.54) is 0 Å². The summed E-state index contributed by atoms with van der Waals surface area (Å²) < 4.78 is 38.0. The molecule has 0 aliphatic carbocycles. The summed E-state index contributed by atoms with van der Waals surface area (Å²) >= 11 is 0. The van der Waals surface area contributed by atoms with E-state index in [2.05, 4.69) is 10.5 Å². The summed E-state index contributed by atoms with van der Waals surface area (Å²) in [6.45, 7) is 2.71. The Kier molecular flexibility index (Phi) is 6.41. The minimum Gasteiger partial charge on any atom is -0.409 e. The number of oxime groups is 1. The van der Waals surface area contributed by atoms with Crippen molar-refractivity contribution >= 4 is 5.84 Å². The van der Waals surface area contributed by atoms with Crippen molar-refractivity contribution in [2.75, 3.05) is 13.2 Å². The molecule has 1 atom stereocenters. The quantitative estimate of drug-likeness (QED) is 0.241. The lowest BCUT2D eigenvalue weighted by molar-refractivity contribution is -0.156. The molecule has 0 aliphatic rings. The first kappa shape index (κ1) is 17.0. The molecule has 1 unspecified atom stereocenters. The second kappa shape index (κ2) is 6.79. The number of aliphatic hydroxyl groups excluding tert-OH is 1. The maximum atomic E-state index is 12.7. The predicted octanol–water partition coefficient (Wildman–Crippen LogP) is 1.05. The van der Waals surface area contributed by atoms with Crippen molar-refractivity contribution in [3.8, 4) is 0 Å². The van der Waals surface area contributed by atoms with Crippen LogP contribution in [0.5, 0.6) is 0 Å². The lowest BCUT2D eigenvalue weighted by Gasteiger charge is -2.33. The fourth-order valence-corrected chi connectivity index (χ4v) is 1.56. The monoisotopic (exact) mass is 271 g/mol. The van der Waals surface area contributed by atoms with Gasteiger partial charge in [-0.05, 0) is 12.8 Å². The number of alkyl halides is 3. The Balaban J connectivity index is 4.82. The molecule has 0 saturated carbocycles. The molecular weight excluding hydrogens is 251 g/mol. The summed E-state index contributed by atoms with van der Waals surface area (Å²) in [6, 6.07) is 0. The summed E-state index contributed by atoms with van der Waals surface area (Å²) in [4.78, 5) is 0. The van der Waals surface area contributed by atoms with Crippen LogP contribution >= 0.6 is 0 Å². The molecule has 0 radical (unpaired) electrons. The molecule has 108 valence electrons. The van der Waals surface area contributed by atoms with Gasteiger partial charge in [0.05, 0.1) is 6.61 Å². The maximum absolute atomic E-state index is 12.7. The third kappa shape index (κ3) is 4.34. The van der Waals surface area contributed by atoms with Gasteiger partial charge < -0.3 is 21.4 Å². The average molecular weight is 271 g/mol. The van der Waals surface area contributed by atoms with Gasteiger partial charge in [-0.25, -0.2) is 0 Å². The smallest absolute Gasteiger partial charge is 0.400 e. The minimum absolute atomic E-state index is 0.277. The van der Waals surface area contributed by atoms with Crippen LogP contribution in [-0.4, -0.2) is 41.0 Å². The van der Waals surface area contributed by atoms with Crippen LogP contribution in [0.2, 0.25) is 0 Å². The van der Waals surface area contributed by atoms with E-state index >= 15 is 0 Å². The lowest BCUT2D eigenvalue weighted by Crippen LogP contribution is -2.53. The van der Waals surface area contributed by atoms with E-state index in [9.17, 15) is 18.3 Å². The molecule has 0 heterocycles. The van der Waals surface area contributed by atoms with Crippen LogP contribution in [-0.2, 0) is 0 Å². The Bertz CT molecular complexity index is 270. The number of hydrogen-bond acceptors (Lipinski definition) is 4. The zero-order valence-electron chi connectivity index (χ0n) is 10.5. The van der Waals surface area contributed by atoms with E-state index in [1.807, 2.05) is 0 Å². The van der Waals surface area contributed by atoms with Crippen LogP contribution in [0.1, 0.15) is 26.7 Å². The number of nitrogens with two attached hydrogens (primary N) is 1. The van der Waals surface area contributed by atoms with E-state index in [4.69, 9.17) is 10.9 Å². The topological polar surface area (TPSA) is 90.9 Å². The molecule has 0 aliphatic heterocycles. The highest BCUT2D eigenvalue weighted by Gasteiger charge is 2.43. The molecule has 0 amide bonds. The number of aliphatic hydroxyl groups is 1. The summed E-state index contributed by atoms with van der Waals surface area (Å²) in [6.07, 6.45) is -3.66. The van der Waals surface area contributed by atoms with Crippen molar-refractivity contribution < 1.29 is 23.5 Å². The molecule has 18 heavy (non-hydrogen) atoms. The van der Waals surface area contributed by atoms with Gasteiger partial charge in [0.15, 0.2) is 5.84 Å². The third-order valence-electron chi connectivity index (χ3n) is 3.21. The Morgan fingerprint density at radius 2 is 1.83 bits per heavy atom. The first-order chi connectivity index (χ1) is 8.26. The summed E-state index contributed by atoms with van der Waals surface area (Å²) in [5.74, 6) is -2.97. The van der Waals surface area contributed by atoms with E-state index in [0.29, 0.717) is 12.8 Å². The van der Waals surface area contributed by atoms with E-state index in [0.717, 1.165) is 0 Å². The fourth-order valence-electron chi connectivity index (χ4n) is 1.56. The highest BCUT2D eigenvalue weighted by Crippen LogP contribution is 2.27. The van der Waals surface area contributed by atoms with Crippen LogP contribution < -0.4 is 11.1 Å². The standard InChI is InChI=1S/C10H20F3N3O2/c1-3-9(4-2,6-17)15-5-7(8(14)16-18)10(11,12)13/h7,15,17-18H,3-6H2,1-2H3,(H2,14,16). The molecule has 0 aromatic rings. The number of halogens is 3. The van der Waals surface area contributed by atoms with Crippen molar-refractivity contribution in [1.82, 2.24) is 5.32 Å². The summed E-state index contributed by atoms with van der Waals surface area (Å²) in [7, 11) is 0. The zero-order valence-corrected chi connectivity index (χ0v) is 10.5. The van der Waals surface area contributed by atoms with E-state index < -0.39 is 30.0 Å². The molecule has 0 spiro atoms. The predicted molar refractivity (Wildman–Crippen MR) is 61.4 cm³/mol. The van der Waals surface area contributed by atoms with Crippen molar-refractivity contribution in [3.63, 3.8) is 0 Å². The summed E-state index contributed by atoms with van der Waals surface area (Å²) in [5, 5.41) is 22.7. The second-order valence-corrected chi connectivity index (χ2v) is 4.15. The van der Waals surface area contributed by atoms with Crippen molar-refractivity contribution in [3.05, 3.63) is 0 Å². The van der Waals surface area contributed by atoms with Gasteiger partial charge in [-0.15, -0.1) is 0 Å². The zero-order chi connectivity index (χ0) is 14.4. The fraction of sp³-hybridized carbons (Fsp3) is 0.900. The van der Waals surface area contributed by atoms with Crippen molar-refractivity contribution in [2.45, 2.75) is 38.4 Å². The van der Waals surface area contributed by atoms with Crippen LogP contribution in [0.3, 0.4) is 0 Å². The Hall–Kier alpha value is -1.02. The van der Waals surface area contributed by atoms with Crippen LogP contribution in [0.4, 0.5) is 13.2 Å². The first-order valence-electron chi connectivity index (χ1n) is 5.66. The van der Waals surface area contributed by atoms with Crippen LogP contribution in [0.15, 0.2) is 5.16 Å². The molecule has 5 nitrogen and oxygen atoms in total. The molecule has 8 heteroatoms. The molecule has 0 bridgehead atoms. The Labute approximate surface area is 104 Å². The van der Waals surface area contributed by atoms with Gasteiger partial charge in [0.1, 0.15) is 5.92 Å². The summed E-state index contributed by atoms with van der Waals surface area (Å²) in [5.41, 5.74) is 4.26. The number of nitrogens with one attached hydrogen (secondary N) is 1. The lowest BCUT2D eigenvalue weighted by atomic mass is 9.93. The number of nitrogens with zero attached hydrogens (tertiary/aromatic N) is 1. The third-order valence-corrected chi connectivity index (χ3v) is 3.21. The van der Waals surface area contributed by atoms with Gasteiger partial charge in [-0.1, -0.05) is 19.0 Å². The van der Waals surface area contributed by atoms with Gasteiger partial charge in [-0.2, -0.15) is 13.2 Å². The van der Waals surface area contributed by atoms with Gasteiger partial charge in [0, 0.05) is 12.1 Å². The number of rotatable bonds is 7. The Morgan fingerprint density at radius 1 is 1.33 bits per heavy atom. The van der Waals surface area contributed by atoms with Gasteiger partial charge in [0.2, 0.25) is 0 Å². The molecular formula is C10H20F3N3O2. The second-order valence-electron chi connectivity index (χ2n) is 4.15. The minimum atomic E-state index is -4.61. The van der Waals surface area contributed by atoms with Crippen LogP contribution in [0, 0.1) is 5.92 Å². The van der Waals surface area contributed by atoms with Gasteiger partial charge in [0.25, 0.3) is 0 Å². The Morgan fingerprint density at radius 3 is 2.11 bits per heavy atom. The SMILES string of the molecule is CCC(CC)(CO)NCC(C(N)=NO)C(F)(F)F. The number of hydrogen-bond donors (Lipinski definition) is 4. The number of amidine groups is 1. The van der Waals surface area contributed by atoms with E-state index in [1.54, 1.807) is 13.8 Å². The molecule has 0 saturated heterocycles. The molecule has 0 fully saturated rings. The molecule has 0 aromatic heterocycles. The van der Waals surface area contributed by atoms with E-state index in [-0.39, 0.29) is 6.61 Å². The van der Waals surface area contributed by atoms with Gasteiger partial charge in [-0.3, -0.25) is 0 Å². The molecule has 5 N–H and O–H groups in total. The van der Waals surface area contributed by atoms with Crippen LogP contribution in [0.25, 0.3) is 0 Å².